The van der Waals surface area contributed by atoms with Gasteiger partial charge in [-0.2, -0.15) is 0 Å². The number of unbranched alkanes of at least 4 members (excludes halogenated alkanes) is 11. The van der Waals surface area contributed by atoms with Crippen LogP contribution in [0.4, 0.5) is 0 Å². The lowest BCUT2D eigenvalue weighted by molar-refractivity contribution is -0.671. The summed E-state index contributed by atoms with van der Waals surface area (Å²) in [6.07, 6.45) is 29.1. The van der Waals surface area contributed by atoms with Crippen LogP contribution in [-0.2, 0) is 47.4 Å². The van der Waals surface area contributed by atoms with Gasteiger partial charge in [-0.15, -0.1) is 0 Å². The van der Waals surface area contributed by atoms with Gasteiger partial charge >= 0.3 is 0 Å². The quantitative estimate of drug-likeness (QED) is 0.134. The number of rotatable bonds is 19. The smallest absolute Gasteiger partial charge is 0.243 e. The van der Waals surface area contributed by atoms with Gasteiger partial charge in [-0.1, -0.05) is 65.2 Å². The summed E-state index contributed by atoms with van der Waals surface area (Å²) < 4.78 is 68.6. The highest BCUT2D eigenvalue weighted by atomic mass is 32.2. The Bertz CT molecular complexity index is 996. The van der Waals surface area contributed by atoms with Crippen LogP contribution in [0.1, 0.15) is 104 Å². The number of hydrogen-bond donors (Lipinski definition) is 0. The third-order valence-electron chi connectivity index (χ3n) is 6.23. The molecule has 234 valence electrons. The average molecular weight is 607 g/mol. The predicted molar refractivity (Wildman–Crippen MR) is 156 cm³/mol. The van der Waals surface area contributed by atoms with E-state index < -0.39 is 31.7 Å². The van der Waals surface area contributed by atoms with Crippen LogP contribution in [0.3, 0.4) is 0 Å². The molecule has 0 amide bonds. The summed E-state index contributed by atoms with van der Waals surface area (Å²) in [6, 6.07) is 0. The zero-order valence-electron chi connectivity index (χ0n) is 25.2. The van der Waals surface area contributed by atoms with Crippen LogP contribution in [0.15, 0.2) is 37.4 Å². The van der Waals surface area contributed by atoms with Gasteiger partial charge in [-0.25, -0.2) is 35.1 Å². The minimum absolute atomic E-state index is 0.0900. The van der Waals surface area contributed by atoms with E-state index in [1.165, 1.54) is 90.1 Å². The summed E-state index contributed by atoms with van der Waals surface area (Å²) in [7, 11) is -4.44. The third kappa shape index (κ3) is 26.5. The van der Waals surface area contributed by atoms with Crippen molar-refractivity contribution >= 4 is 20.2 Å². The average Bonchev–Trinajstić information content (AvgIpc) is 3.48. The van der Waals surface area contributed by atoms with E-state index in [0.29, 0.717) is 0 Å². The summed E-state index contributed by atoms with van der Waals surface area (Å²) in [6.45, 7) is 6.87. The first-order valence-electron chi connectivity index (χ1n) is 14.8. The molecule has 2 aromatic heterocycles. The van der Waals surface area contributed by atoms with Gasteiger partial charge in [0.1, 0.15) is 24.8 Å². The Kier molecular flexibility index (Phi) is 21.9. The summed E-state index contributed by atoms with van der Waals surface area (Å²) in [5.41, 5.74) is 0. The van der Waals surface area contributed by atoms with E-state index in [9.17, 15) is 25.9 Å². The van der Waals surface area contributed by atoms with E-state index in [0.717, 1.165) is 0 Å². The zero-order chi connectivity index (χ0) is 30.3. The van der Waals surface area contributed by atoms with E-state index in [1.54, 1.807) is 0 Å². The molecule has 0 aliphatic rings. The molecule has 10 nitrogen and oxygen atoms in total. The molecule has 0 unspecified atom stereocenters. The fourth-order valence-electron chi connectivity index (χ4n) is 3.98. The summed E-state index contributed by atoms with van der Waals surface area (Å²) in [5.74, 6) is -1.24. The highest BCUT2D eigenvalue weighted by molar-refractivity contribution is 7.86. The van der Waals surface area contributed by atoms with Gasteiger partial charge in [-0.3, -0.25) is 0 Å². The summed E-state index contributed by atoms with van der Waals surface area (Å²) in [4.78, 5) is 0. The lowest BCUT2D eigenvalue weighted by atomic mass is 10.1. The Morgan fingerprint density at radius 1 is 0.550 bits per heavy atom. The Hall–Kier alpha value is -1.76. The maximum atomic E-state index is 9.97. The van der Waals surface area contributed by atoms with Crippen LogP contribution in [0.25, 0.3) is 0 Å². The van der Waals surface area contributed by atoms with Crippen molar-refractivity contribution in [1.82, 2.24) is 9.13 Å². The summed E-state index contributed by atoms with van der Waals surface area (Å²) >= 11 is 0. The Labute approximate surface area is 243 Å². The topological polar surface area (TPSA) is 132 Å². The SMILES string of the molecule is CCCCCCCCn1cc[n+](C)c1.CCCCCCCCn1cc[n+](C)c1.O=S(=O)([O-])CCCCS(=O)(=O)[O-]. The first-order chi connectivity index (χ1) is 18.9. The van der Waals surface area contributed by atoms with Crippen LogP contribution >= 0.6 is 0 Å². The third-order valence-corrected chi connectivity index (χ3v) is 7.80. The fraction of sp³-hybridized carbons (Fsp3) is 0.786. The molecule has 0 bridgehead atoms. The lowest BCUT2D eigenvalue weighted by Crippen LogP contribution is -2.23. The van der Waals surface area contributed by atoms with Crippen LogP contribution in [-0.4, -0.2) is 46.6 Å². The summed E-state index contributed by atoms with van der Waals surface area (Å²) in [5, 5.41) is 0. The molecule has 2 aromatic rings. The molecule has 0 atom stereocenters. The van der Waals surface area contributed by atoms with Crippen molar-refractivity contribution < 1.29 is 35.1 Å². The fourth-order valence-corrected chi connectivity index (χ4v) is 5.09. The number of hydrogen-bond acceptors (Lipinski definition) is 6. The van der Waals surface area contributed by atoms with Gasteiger partial charge in [0.25, 0.3) is 0 Å². The molecule has 12 heteroatoms. The molecule has 0 aromatic carbocycles. The van der Waals surface area contributed by atoms with Crippen LogP contribution in [0.5, 0.6) is 0 Å². The van der Waals surface area contributed by atoms with Gasteiger partial charge in [0.05, 0.1) is 47.4 Å². The molecule has 0 fully saturated rings. The first kappa shape index (κ1) is 38.2. The van der Waals surface area contributed by atoms with E-state index in [1.807, 2.05) is 0 Å². The molecular formula is C28H54N4O6S2. The molecule has 2 heterocycles. The van der Waals surface area contributed by atoms with Crippen molar-refractivity contribution in [2.75, 3.05) is 11.5 Å². The van der Waals surface area contributed by atoms with Crippen molar-refractivity contribution in [3.8, 4) is 0 Å². The minimum atomic E-state index is -4.29. The van der Waals surface area contributed by atoms with Gasteiger partial charge in [0, 0.05) is 11.5 Å². The molecular weight excluding hydrogens is 552 g/mol. The van der Waals surface area contributed by atoms with Gasteiger partial charge in [-0.05, 0) is 38.5 Å². The normalized spacial score (nSPS) is 11.4. The van der Waals surface area contributed by atoms with E-state index in [4.69, 9.17) is 0 Å². The van der Waals surface area contributed by atoms with Crippen molar-refractivity contribution in [1.29, 1.82) is 0 Å². The van der Waals surface area contributed by atoms with E-state index in [2.05, 4.69) is 83.7 Å². The molecule has 0 saturated heterocycles. The van der Waals surface area contributed by atoms with E-state index >= 15 is 0 Å². The Balaban J connectivity index is 0.000000573. The standard InChI is InChI=1S/2C12H23N2.C4H10O6S2/c2*1-3-4-5-6-7-8-9-14-11-10-13(2)12-14;5-11(6,7)3-1-2-4-12(8,9)10/h2*10-12H,3-9H2,1-2H3;1-4H2,(H,5,6,7)(H,8,9,10)/q2*+1;/p-2. The molecule has 0 aliphatic heterocycles. The number of aryl methyl sites for hydroxylation is 4. The van der Waals surface area contributed by atoms with Crippen LogP contribution in [0.2, 0.25) is 0 Å². The van der Waals surface area contributed by atoms with E-state index in [-0.39, 0.29) is 12.8 Å². The van der Waals surface area contributed by atoms with Crippen molar-refractivity contribution in [2.24, 2.45) is 14.1 Å². The maximum Gasteiger partial charge on any atom is 0.243 e. The number of nitrogens with zero attached hydrogens (tertiary/aromatic N) is 4. The van der Waals surface area contributed by atoms with Crippen LogP contribution < -0.4 is 9.13 Å². The second-order valence-electron chi connectivity index (χ2n) is 10.4. The van der Waals surface area contributed by atoms with Crippen molar-refractivity contribution in [3.63, 3.8) is 0 Å². The lowest BCUT2D eigenvalue weighted by Gasteiger charge is -2.07. The second-order valence-corrected chi connectivity index (χ2v) is 13.4. The van der Waals surface area contributed by atoms with Crippen molar-refractivity contribution in [3.05, 3.63) is 37.4 Å². The van der Waals surface area contributed by atoms with Gasteiger partial charge in [0.2, 0.25) is 12.7 Å². The molecule has 0 radical (unpaired) electrons. The zero-order valence-corrected chi connectivity index (χ0v) is 26.9. The molecule has 40 heavy (non-hydrogen) atoms. The van der Waals surface area contributed by atoms with Crippen LogP contribution in [0, 0.1) is 0 Å². The second kappa shape index (κ2) is 22.9. The Morgan fingerprint density at radius 2 is 0.875 bits per heavy atom. The highest BCUT2D eigenvalue weighted by Gasteiger charge is 2.00. The first-order valence-corrected chi connectivity index (χ1v) is 17.9. The molecule has 0 saturated carbocycles. The van der Waals surface area contributed by atoms with Gasteiger partial charge in [0.15, 0.2) is 0 Å². The monoisotopic (exact) mass is 606 g/mol. The highest BCUT2D eigenvalue weighted by Crippen LogP contribution is 2.06. The molecule has 0 N–H and O–H groups in total. The largest absolute Gasteiger partial charge is 0.748 e. The number of imidazole rings is 2. The number of aromatic nitrogens is 4. The maximum absolute atomic E-state index is 9.97. The predicted octanol–water partition coefficient (Wildman–Crippen LogP) is 4.20. The Morgan fingerprint density at radius 3 is 1.15 bits per heavy atom. The minimum Gasteiger partial charge on any atom is -0.748 e. The molecule has 0 spiro atoms. The van der Waals surface area contributed by atoms with Gasteiger partial charge < -0.3 is 9.11 Å². The molecule has 0 aliphatic carbocycles. The van der Waals surface area contributed by atoms with Crippen molar-refractivity contribution in [2.45, 2.75) is 117 Å². The molecule has 2 rings (SSSR count).